The minimum atomic E-state index is -5.08. The predicted molar refractivity (Wildman–Crippen MR) is 109 cm³/mol. The van der Waals surface area contributed by atoms with Crippen LogP contribution in [0.2, 0.25) is 0 Å². The van der Waals surface area contributed by atoms with Gasteiger partial charge in [0.1, 0.15) is 5.69 Å². The second-order valence-corrected chi connectivity index (χ2v) is 9.04. The third-order valence-corrected chi connectivity index (χ3v) is 6.43. The van der Waals surface area contributed by atoms with Crippen LogP contribution in [0.1, 0.15) is 35.3 Å². The number of rotatable bonds is 6. The third-order valence-electron chi connectivity index (χ3n) is 6.43. The zero-order valence-electron chi connectivity index (χ0n) is 19.1. The van der Waals surface area contributed by atoms with E-state index in [0.717, 1.165) is 26.1 Å². The van der Waals surface area contributed by atoms with Crippen LogP contribution in [0.3, 0.4) is 0 Å². The summed E-state index contributed by atoms with van der Waals surface area (Å²) >= 11 is 0. The largest absolute Gasteiger partial charge is 0.490 e. The maximum Gasteiger partial charge on any atom is 0.490 e. The number of carboxylic acid groups (broad SMARTS) is 1. The summed E-state index contributed by atoms with van der Waals surface area (Å²) in [5.41, 5.74) is -0.726. The number of aliphatic carboxylic acids is 1. The van der Waals surface area contributed by atoms with Crippen LogP contribution in [0.15, 0.2) is 6.20 Å². The van der Waals surface area contributed by atoms with Crippen molar-refractivity contribution >= 4 is 11.9 Å². The Bertz CT molecular complexity index is 889. The molecule has 198 valence electrons. The Kier molecular flexibility index (Phi) is 8.70. The predicted octanol–water partition coefficient (Wildman–Crippen LogP) is 2.52. The van der Waals surface area contributed by atoms with Crippen molar-refractivity contribution in [3.8, 4) is 0 Å². The number of nitrogens with zero attached hydrogens (tertiary/aromatic N) is 3. The molecule has 4 heterocycles. The van der Waals surface area contributed by atoms with Crippen molar-refractivity contribution in [3.63, 3.8) is 0 Å². The van der Waals surface area contributed by atoms with E-state index in [4.69, 9.17) is 24.1 Å². The van der Waals surface area contributed by atoms with E-state index in [1.807, 2.05) is 0 Å². The Labute approximate surface area is 198 Å². The summed E-state index contributed by atoms with van der Waals surface area (Å²) in [7, 11) is 1.54. The van der Waals surface area contributed by atoms with Crippen LogP contribution < -0.4 is 0 Å². The van der Waals surface area contributed by atoms with Gasteiger partial charge in [0.2, 0.25) is 0 Å². The zero-order valence-corrected chi connectivity index (χ0v) is 19.1. The van der Waals surface area contributed by atoms with Gasteiger partial charge in [-0.15, -0.1) is 0 Å². The van der Waals surface area contributed by atoms with Crippen molar-refractivity contribution in [2.75, 3.05) is 52.7 Å². The maximum atomic E-state index is 13.2. The first kappa shape index (κ1) is 27.3. The van der Waals surface area contributed by atoms with Crippen LogP contribution in [0.25, 0.3) is 0 Å². The van der Waals surface area contributed by atoms with Gasteiger partial charge in [-0.05, 0) is 18.8 Å². The number of aryl methyl sites for hydroxylation is 1. The lowest BCUT2D eigenvalue weighted by Crippen LogP contribution is -2.38. The standard InChI is InChI=1S/C19H27F2N3O4.C2HF3O2/c1-23-7-15(16(22-23)17(20)21)18(25)24-6-14-9-28-12-19(14,10-24)11-27-8-13-2-4-26-5-3-13;3-2(4,5)1(6)7/h7,13-14,17H,2-6,8-12H2,1H3;(H,6,7)/t14-,19-;/m1./s1. The Morgan fingerprint density at radius 1 is 1.29 bits per heavy atom. The molecule has 0 bridgehead atoms. The number of amides is 1. The van der Waals surface area contributed by atoms with Crippen molar-refractivity contribution in [2.45, 2.75) is 25.4 Å². The molecule has 0 saturated carbocycles. The number of carbonyl (C=O) groups excluding carboxylic acids is 1. The normalized spacial score (nSPS) is 24.9. The molecule has 1 N–H and O–H groups in total. The highest BCUT2D eigenvalue weighted by atomic mass is 19.4. The van der Waals surface area contributed by atoms with Gasteiger partial charge >= 0.3 is 12.1 Å². The molecular weight excluding hydrogens is 485 g/mol. The van der Waals surface area contributed by atoms with Gasteiger partial charge in [0, 0.05) is 57.5 Å². The fourth-order valence-corrected chi connectivity index (χ4v) is 4.53. The van der Waals surface area contributed by atoms with E-state index >= 15 is 0 Å². The maximum absolute atomic E-state index is 13.2. The van der Waals surface area contributed by atoms with Gasteiger partial charge in [-0.1, -0.05) is 0 Å². The summed E-state index contributed by atoms with van der Waals surface area (Å²) in [6, 6.07) is 0. The van der Waals surface area contributed by atoms with Gasteiger partial charge in [-0.2, -0.15) is 18.3 Å². The minimum Gasteiger partial charge on any atom is -0.475 e. The molecule has 1 aromatic heterocycles. The summed E-state index contributed by atoms with van der Waals surface area (Å²) in [5, 5.41) is 10.9. The number of aromatic nitrogens is 2. The highest BCUT2D eigenvalue weighted by molar-refractivity contribution is 5.95. The first-order valence-electron chi connectivity index (χ1n) is 11.1. The first-order chi connectivity index (χ1) is 16.4. The lowest BCUT2D eigenvalue weighted by molar-refractivity contribution is -0.192. The molecule has 0 radical (unpaired) electrons. The molecule has 9 nitrogen and oxygen atoms in total. The van der Waals surface area contributed by atoms with Crippen LogP contribution in [-0.2, 0) is 26.1 Å². The van der Waals surface area contributed by atoms with E-state index in [1.54, 1.807) is 11.9 Å². The van der Waals surface area contributed by atoms with Gasteiger partial charge in [-0.25, -0.2) is 13.6 Å². The number of carbonyl (C=O) groups is 2. The Hall–Kier alpha value is -2.32. The van der Waals surface area contributed by atoms with Crippen molar-refractivity contribution in [2.24, 2.45) is 24.3 Å². The molecule has 3 fully saturated rings. The number of likely N-dealkylation sites (tertiary alicyclic amines) is 1. The smallest absolute Gasteiger partial charge is 0.475 e. The lowest BCUT2D eigenvalue weighted by Gasteiger charge is -2.29. The molecule has 35 heavy (non-hydrogen) atoms. The Balaban J connectivity index is 0.000000429. The molecule has 4 rings (SSSR count). The molecule has 1 aromatic rings. The summed E-state index contributed by atoms with van der Waals surface area (Å²) in [6.07, 6.45) is -4.46. The molecule has 2 atom stereocenters. The molecule has 14 heteroatoms. The van der Waals surface area contributed by atoms with E-state index in [2.05, 4.69) is 5.10 Å². The molecule has 0 unspecified atom stereocenters. The Morgan fingerprint density at radius 3 is 2.54 bits per heavy atom. The van der Waals surface area contributed by atoms with E-state index in [0.29, 0.717) is 45.4 Å². The average Bonchev–Trinajstić information content (AvgIpc) is 3.46. The van der Waals surface area contributed by atoms with Crippen molar-refractivity contribution in [1.82, 2.24) is 14.7 Å². The summed E-state index contributed by atoms with van der Waals surface area (Å²) in [5.74, 6) is -2.47. The quantitative estimate of drug-likeness (QED) is 0.584. The minimum absolute atomic E-state index is 0.0170. The number of halogens is 5. The van der Waals surface area contributed by atoms with Gasteiger partial charge < -0.3 is 24.2 Å². The van der Waals surface area contributed by atoms with Gasteiger partial charge in [0.15, 0.2) is 0 Å². The molecular formula is C21H28F5N3O6. The average molecular weight is 513 g/mol. The zero-order chi connectivity index (χ0) is 25.8. The van der Waals surface area contributed by atoms with E-state index < -0.39 is 24.3 Å². The molecule has 0 aliphatic carbocycles. The van der Waals surface area contributed by atoms with Crippen molar-refractivity contribution in [1.29, 1.82) is 0 Å². The second-order valence-electron chi connectivity index (χ2n) is 9.04. The number of alkyl halides is 5. The second kappa shape index (κ2) is 11.2. The number of carboxylic acids is 1. The molecule has 0 spiro atoms. The highest BCUT2D eigenvalue weighted by Gasteiger charge is 2.52. The SMILES string of the molecule is Cn1cc(C(=O)N2C[C@@H]3COC[C@]3(COCC3CCOCC3)C2)c(C(F)F)n1.O=C(O)C(F)(F)F. The van der Waals surface area contributed by atoms with Gasteiger partial charge in [0.25, 0.3) is 12.3 Å². The van der Waals surface area contributed by atoms with Crippen molar-refractivity contribution < 1.29 is 50.9 Å². The molecule has 3 aliphatic rings. The van der Waals surface area contributed by atoms with Crippen molar-refractivity contribution in [3.05, 3.63) is 17.5 Å². The van der Waals surface area contributed by atoms with Crippen LogP contribution in [0.5, 0.6) is 0 Å². The Morgan fingerprint density at radius 2 is 1.94 bits per heavy atom. The summed E-state index contributed by atoms with van der Waals surface area (Å²) in [4.78, 5) is 23.5. The number of hydrogen-bond acceptors (Lipinski definition) is 6. The summed E-state index contributed by atoms with van der Waals surface area (Å²) in [6.45, 7) is 4.83. The van der Waals surface area contributed by atoms with E-state index in [-0.39, 0.29) is 22.8 Å². The number of fused-ring (bicyclic) bond motifs is 1. The van der Waals surface area contributed by atoms with E-state index in [9.17, 15) is 26.7 Å². The van der Waals surface area contributed by atoms with Crippen LogP contribution >= 0.6 is 0 Å². The molecule has 0 aromatic carbocycles. The summed E-state index contributed by atoms with van der Waals surface area (Å²) < 4.78 is 76.6. The number of hydrogen-bond donors (Lipinski definition) is 1. The lowest BCUT2D eigenvalue weighted by atomic mass is 9.82. The monoisotopic (exact) mass is 513 g/mol. The van der Waals surface area contributed by atoms with Crippen LogP contribution in [0, 0.1) is 17.3 Å². The fourth-order valence-electron chi connectivity index (χ4n) is 4.53. The van der Waals surface area contributed by atoms with Gasteiger partial charge in [-0.3, -0.25) is 9.48 Å². The highest BCUT2D eigenvalue weighted by Crippen LogP contribution is 2.42. The fraction of sp³-hybridized carbons (Fsp3) is 0.762. The molecule has 3 aliphatic heterocycles. The molecule has 3 saturated heterocycles. The van der Waals surface area contributed by atoms with Gasteiger partial charge in [0.05, 0.1) is 25.4 Å². The van der Waals surface area contributed by atoms with E-state index in [1.165, 1.54) is 10.9 Å². The van der Waals surface area contributed by atoms with Crippen LogP contribution in [-0.4, -0.2) is 90.6 Å². The third kappa shape index (κ3) is 6.67. The van der Waals surface area contributed by atoms with Crippen LogP contribution in [0.4, 0.5) is 22.0 Å². The first-order valence-corrected chi connectivity index (χ1v) is 11.1. The molecule has 1 amide bonds. The number of ether oxygens (including phenoxy) is 3. The topological polar surface area (TPSA) is 103 Å².